The maximum atomic E-state index is 12.7. The molecule has 1 saturated heterocycles. The molecule has 6 nitrogen and oxygen atoms in total. The van der Waals surface area contributed by atoms with Crippen LogP contribution in [0.2, 0.25) is 0 Å². The molecular weight excluding hydrogens is 324 g/mol. The van der Waals surface area contributed by atoms with Gasteiger partial charge in [0.05, 0.1) is 11.7 Å². The molecule has 1 N–H and O–H groups in total. The van der Waals surface area contributed by atoms with Crippen molar-refractivity contribution in [2.75, 3.05) is 19.6 Å². The van der Waals surface area contributed by atoms with Crippen LogP contribution in [0.1, 0.15) is 30.7 Å². The van der Waals surface area contributed by atoms with Crippen LogP contribution in [-0.4, -0.2) is 45.5 Å². The third-order valence-electron chi connectivity index (χ3n) is 4.82. The first-order valence-corrected chi connectivity index (χ1v) is 9.09. The van der Waals surface area contributed by atoms with Crippen LogP contribution in [0.25, 0.3) is 10.2 Å². The number of nitrogens with one attached hydrogen (secondary N) is 1. The van der Waals surface area contributed by atoms with Crippen molar-refractivity contribution < 1.29 is 4.79 Å². The molecule has 0 aromatic carbocycles. The van der Waals surface area contributed by atoms with E-state index in [0.717, 1.165) is 28.4 Å². The van der Waals surface area contributed by atoms with Crippen LogP contribution in [0.4, 0.5) is 0 Å². The van der Waals surface area contributed by atoms with E-state index in [1.165, 1.54) is 0 Å². The predicted octanol–water partition coefficient (Wildman–Crippen LogP) is 1.68. The zero-order chi connectivity index (χ0) is 17.5. The van der Waals surface area contributed by atoms with Crippen LogP contribution in [0.15, 0.2) is 11.1 Å². The fraction of sp³-hybridized carbons (Fsp3) is 0.588. The third kappa shape index (κ3) is 2.98. The smallest absolute Gasteiger partial charge is 0.262 e. The Kier molecular flexibility index (Phi) is 4.48. The monoisotopic (exact) mass is 348 g/mol. The molecule has 1 amide bonds. The van der Waals surface area contributed by atoms with Crippen LogP contribution < -0.4 is 10.9 Å². The quantitative estimate of drug-likeness (QED) is 0.916. The van der Waals surface area contributed by atoms with Gasteiger partial charge in [-0.1, -0.05) is 0 Å². The Hall–Kier alpha value is -1.73. The van der Waals surface area contributed by atoms with Crippen molar-refractivity contribution in [2.45, 2.75) is 46.2 Å². The number of aryl methyl sites for hydroxylation is 3. The lowest BCUT2D eigenvalue weighted by Crippen LogP contribution is -2.60. The molecular formula is C17H24N4O2S. The molecule has 0 atom stereocenters. The minimum Gasteiger partial charge on any atom is -0.335 e. The number of hydrogen-bond donors (Lipinski definition) is 1. The van der Waals surface area contributed by atoms with Gasteiger partial charge in [0.25, 0.3) is 5.56 Å². The van der Waals surface area contributed by atoms with Gasteiger partial charge in [0.1, 0.15) is 4.83 Å². The molecule has 1 aliphatic heterocycles. The predicted molar refractivity (Wildman–Crippen MR) is 96.6 cm³/mol. The summed E-state index contributed by atoms with van der Waals surface area (Å²) in [5.74, 6) is 0.0896. The Morgan fingerprint density at radius 2 is 2.17 bits per heavy atom. The molecule has 2 aromatic rings. The van der Waals surface area contributed by atoms with Crippen LogP contribution in [-0.2, 0) is 11.3 Å². The number of carbonyl (C=O) groups excluding carboxylic acids is 1. The Balaban J connectivity index is 1.78. The second-order valence-electron chi connectivity index (χ2n) is 6.99. The van der Waals surface area contributed by atoms with Gasteiger partial charge in [-0.3, -0.25) is 14.2 Å². The summed E-state index contributed by atoms with van der Waals surface area (Å²) in [6.07, 6.45) is 1.88. The summed E-state index contributed by atoms with van der Waals surface area (Å²) < 4.78 is 1.56. The summed E-state index contributed by atoms with van der Waals surface area (Å²) in [5.41, 5.74) is 0.759. The summed E-state index contributed by atoms with van der Waals surface area (Å²) in [5, 5.41) is 4.00. The van der Waals surface area contributed by atoms with Crippen molar-refractivity contribution >= 4 is 27.5 Å². The number of nitrogens with zero attached hydrogens (tertiary/aromatic N) is 3. The second-order valence-corrected chi connectivity index (χ2v) is 8.19. The zero-order valence-corrected chi connectivity index (χ0v) is 15.5. The average molecular weight is 348 g/mol. The Labute approximate surface area is 145 Å². The first-order chi connectivity index (χ1) is 11.3. The number of amides is 1. The van der Waals surface area contributed by atoms with Crippen LogP contribution >= 0.6 is 11.3 Å². The molecule has 3 heterocycles. The van der Waals surface area contributed by atoms with E-state index in [2.05, 4.69) is 24.1 Å². The van der Waals surface area contributed by atoms with Gasteiger partial charge < -0.3 is 10.2 Å². The van der Waals surface area contributed by atoms with E-state index in [1.54, 1.807) is 22.2 Å². The van der Waals surface area contributed by atoms with E-state index in [9.17, 15) is 9.59 Å². The largest absolute Gasteiger partial charge is 0.335 e. The third-order valence-corrected chi connectivity index (χ3v) is 5.94. The van der Waals surface area contributed by atoms with Crippen molar-refractivity contribution in [1.82, 2.24) is 19.8 Å². The van der Waals surface area contributed by atoms with Gasteiger partial charge in [-0.25, -0.2) is 4.98 Å². The van der Waals surface area contributed by atoms with Gasteiger partial charge in [-0.05, 0) is 33.3 Å². The SMILES string of the molecule is Cc1sc2ncn(CCC(=O)N3CCNCC3(C)C)c(=O)c2c1C. The van der Waals surface area contributed by atoms with E-state index >= 15 is 0 Å². The molecule has 0 spiro atoms. The van der Waals surface area contributed by atoms with Crippen molar-refractivity contribution in [1.29, 1.82) is 0 Å². The molecule has 0 unspecified atom stereocenters. The van der Waals surface area contributed by atoms with Gasteiger partial charge in [-0.2, -0.15) is 0 Å². The highest BCUT2D eigenvalue weighted by Gasteiger charge is 2.32. The highest BCUT2D eigenvalue weighted by atomic mass is 32.1. The number of rotatable bonds is 3. The number of carbonyl (C=O) groups is 1. The van der Waals surface area contributed by atoms with Crippen molar-refractivity contribution in [2.24, 2.45) is 0 Å². The fourth-order valence-corrected chi connectivity index (χ4v) is 4.21. The van der Waals surface area contributed by atoms with Crippen molar-refractivity contribution in [3.05, 3.63) is 27.1 Å². The van der Waals surface area contributed by atoms with Gasteiger partial charge in [-0.15, -0.1) is 11.3 Å². The molecule has 0 radical (unpaired) electrons. The van der Waals surface area contributed by atoms with Gasteiger partial charge >= 0.3 is 0 Å². The topological polar surface area (TPSA) is 67.2 Å². The van der Waals surface area contributed by atoms with Crippen LogP contribution in [0.3, 0.4) is 0 Å². The summed E-state index contributed by atoms with van der Waals surface area (Å²) in [6.45, 7) is 10.8. The van der Waals surface area contributed by atoms with E-state index in [-0.39, 0.29) is 17.0 Å². The number of fused-ring (bicyclic) bond motifs is 1. The van der Waals surface area contributed by atoms with Crippen LogP contribution in [0, 0.1) is 13.8 Å². The first-order valence-electron chi connectivity index (χ1n) is 8.27. The first kappa shape index (κ1) is 17.1. The van der Waals surface area contributed by atoms with E-state index < -0.39 is 0 Å². The summed E-state index contributed by atoms with van der Waals surface area (Å²) in [4.78, 5) is 33.5. The molecule has 2 aromatic heterocycles. The Morgan fingerprint density at radius 1 is 1.42 bits per heavy atom. The van der Waals surface area contributed by atoms with Crippen molar-refractivity contribution in [3.8, 4) is 0 Å². The number of piperazine rings is 1. The lowest BCUT2D eigenvalue weighted by molar-refractivity contribution is -0.137. The summed E-state index contributed by atoms with van der Waals surface area (Å²) in [6, 6.07) is 0. The zero-order valence-electron chi connectivity index (χ0n) is 14.7. The minimum absolute atomic E-state index is 0.0470. The molecule has 1 fully saturated rings. The summed E-state index contributed by atoms with van der Waals surface area (Å²) >= 11 is 1.54. The standard InChI is InChI=1S/C17H24N4O2S/c1-11-12(2)24-15-14(11)16(23)20(10-19-15)7-5-13(22)21-8-6-18-9-17(21,3)4/h10,18H,5-9H2,1-4H3. The molecule has 1 aliphatic rings. The molecule has 7 heteroatoms. The minimum atomic E-state index is -0.191. The van der Waals surface area contributed by atoms with Gasteiger partial charge in [0.15, 0.2) is 0 Å². The molecule has 0 aliphatic carbocycles. The van der Waals surface area contributed by atoms with Crippen LogP contribution in [0.5, 0.6) is 0 Å². The molecule has 3 rings (SSSR count). The number of thiophene rings is 1. The van der Waals surface area contributed by atoms with Gasteiger partial charge in [0.2, 0.25) is 5.91 Å². The second kappa shape index (κ2) is 6.29. The van der Waals surface area contributed by atoms with Gasteiger partial charge in [0, 0.05) is 43.0 Å². The highest BCUT2D eigenvalue weighted by Crippen LogP contribution is 2.25. The lowest BCUT2D eigenvalue weighted by atomic mass is 9.99. The maximum absolute atomic E-state index is 12.7. The fourth-order valence-electron chi connectivity index (χ4n) is 3.23. The van der Waals surface area contributed by atoms with E-state index in [0.29, 0.717) is 24.9 Å². The maximum Gasteiger partial charge on any atom is 0.262 e. The number of hydrogen-bond acceptors (Lipinski definition) is 5. The average Bonchev–Trinajstić information content (AvgIpc) is 2.81. The lowest BCUT2D eigenvalue weighted by Gasteiger charge is -2.43. The van der Waals surface area contributed by atoms with Crippen molar-refractivity contribution in [3.63, 3.8) is 0 Å². The number of aromatic nitrogens is 2. The molecule has 0 saturated carbocycles. The molecule has 24 heavy (non-hydrogen) atoms. The van der Waals surface area contributed by atoms with E-state index in [1.807, 2.05) is 18.7 Å². The molecule has 0 bridgehead atoms. The Bertz CT molecular complexity index is 837. The summed E-state index contributed by atoms with van der Waals surface area (Å²) in [7, 11) is 0. The highest BCUT2D eigenvalue weighted by molar-refractivity contribution is 7.18. The Morgan fingerprint density at radius 3 is 2.88 bits per heavy atom. The van der Waals surface area contributed by atoms with E-state index in [4.69, 9.17) is 0 Å². The normalized spacial score (nSPS) is 17.4. The molecule has 130 valence electrons.